The first-order chi connectivity index (χ1) is 17.2. The van der Waals surface area contributed by atoms with Gasteiger partial charge in [-0.2, -0.15) is 0 Å². The van der Waals surface area contributed by atoms with E-state index in [-0.39, 0.29) is 18.4 Å². The molecule has 0 aromatic carbocycles. The SMILES string of the molecule is C=C1C(O)CC(O)C2(C)C3OC3C(OC(=O)CCC)C(C)C2C(OC(C)=O)C2(O)C(C)C(=O)OC2C1Cl. The Morgan fingerprint density at radius 3 is 2.46 bits per heavy atom. The third kappa shape index (κ3) is 4.29. The Balaban J connectivity index is 1.91. The lowest BCUT2D eigenvalue weighted by molar-refractivity contribution is -0.225. The van der Waals surface area contributed by atoms with Gasteiger partial charge < -0.3 is 34.3 Å². The van der Waals surface area contributed by atoms with Crippen molar-refractivity contribution in [1.29, 1.82) is 0 Å². The standard InChI is InChI=1S/C26H37ClO10/c1-7-8-16(31)35-19-11(3)17-21(34-13(5)28)26(33)12(4)24(32)37-22(26)18(27)10(2)14(29)9-15(30)25(17,6)23-20(19)36-23/h11-12,14-15,17-23,29-30,33H,2,7-9H2,1,3-6H3. The van der Waals surface area contributed by atoms with Crippen molar-refractivity contribution in [2.24, 2.45) is 23.2 Å². The summed E-state index contributed by atoms with van der Waals surface area (Å²) >= 11 is 6.64. The number of hydrogen-bond acceptors (Lipinski definition) is 10. The van der Waals surface area contributed by atoms with Crippen molar-refractivity contribution in [3.8, 4) is 0 Å². The maximum Gasteiger partial charge on any atom is 0.312 e. The van der Waals surface area contributed by atoms with Crippen LogP contribution in [0.5, 0.6) is 0 Å². The van der Waals surface area contributed by atoms with E-state index in [2.05, 4.69) is 6.58 Å². The molecular weight excluding hydrogens is 508 g/mol. The maximum atomic E-state index is 12.8. The number of halogens is 1. The van der Waals surface area contributed by atoms with Crippen molar-refractivity contribution in [1.82, 2.24) is 0 Å². The lowest BCUT2D eigenvalue weighted by Gasteiger charge is -2.55. The maximum absolute atomic E-state index is 12.8. The summed E-state index contributed by atoms with van der Waals surface area (Å²) in [6.45, 7) is 11.8. The molecule has 0 aromatic rings. The van der Waals surface area contributed by atoms with Gasteiger partial charge in [0.25, 0.3) is 0 Å². The van der Waals surface area contributed by atoms with E-state index < -0.39 is 94.8 Å². The largest absolute Gasteiger partial charge is 0.459 e. The third-order valence-electron chi connectivity index (χ3n) is 9.02. The number of aliphatic hydroxyl groups excluding tert-OH is 2. The van der Waals surface area contributed by atoms with Gasteiger partial charge in [0.2, 0.25) is 0 Å². The predicted octanol–water partition coefficient (Wildman–Crippen LogP) is 1.25. The van der Waals surface area contributed by atoms with E-state index >= 15 is 0 Å². The molecule has 0 radical (unpaired) electrons. The fraction of sp³-hybridized carbons (Fsp3) is 0.808. The normalized spacial score (nSPS) is 49.2. The summed E-state index contributed by atoms with van der Waals surface area (Å²) in [4.78, 5) is 37.8. The summed E-state index contributed by atoms with van der Waals surface area (Å²) < 4.78 is 23.1. The molecule has 4 fully saturated rings. The molecule has 11 heteroatoms. The Morgan fingerprint density at radius 2 is 1.86 bits per heavy atom. The van der Waals surface area contributed by atoms with Gasteiger partial charge in [-0.15, -0.1) is 11.6 Å². The Bertz CT molecular complexity index is 971. The number of carbonyl (C=O) groups excluding carboxylic acids is 3. The number of esters is 3. The Labute approximate surface area is 221 Å². The number of aliphatic hydroxyl groups is 3. The second-order valence-electron chi connectivity index (χ2n) is 11.2. The van der Waals surface area contributed by atoms with Crippen LogP contribution in [0.15, 0.2) is 12.2 Å². The molecule has 37 heavy (non-hydrogen) atoms. The highest BCUT2D eigenvalue weighted by Crippen LogP contribution is 2.61. The molecule has 0 spiro atoms. The van der Waals surface area contributed by atoms with E-state index in [0.29, 0.717) is 6.42 Å². The number of fused-ring (bicyclic) bond motifs is 4. The van der Waals surface area contributed by atoms with Gasteiger partial charge in [-0.05, 0) is 18.9 Å². The topological polar surface area (TPSA) is 152 Å². The number of carbonyl (C=O) groups is 3. The molecule has 4 rings (SSSR count). The van der Waals surface area contributed by atoms with Crippen LogP contribution in [0.3, 0.4) is 0 Å². The fourth-order valence-electron chi connectivity index (χ4n) is 6.83. The second-order valence-corrected chi connectivity index (χ2v) is 11.7. The van der Waals surface area contributed by atoms with Crippen LogP contribution < -0.4 is 0 Å². The highest BCUT2D eigenvalue weighted by atomic mass is 35.5. The molecular formula is C26H37ClO10. The molecule has 2 heterocycles. The zero-order chi connectivity index (χ0) is 27.6. The molecule has 2 aliphatic heterocycles. The first-order valence-corrected chi connectivity index (χ1v) is 13.3. The van der Waals surface area contributed by atoms with Crippen LogP contribution in [0.2, 0.25) is 0 Å². The van der Waals surface area contributed by atoms with Crippen molar-refractivity contribution in [3.05, 3.63) is 12.2 Å². The summed E-state index contributed by atoms with van der Waals surface area (Å²) in [6.07, 6.45) is -6.62. The van der Waals surface area contributed by atoms with Crippen LogP contribution in [0.25, 0.3) is 0 Å². The van der Waals surface area contributed by atoms with Gasteiger partial charge in [0.05, 0.1) is 29.6 Å². The lowest BCUT2D eigenvalue weighted by atomic mass is 9.53. The molecule has 3 N–H and O–H groups in total. The van der Waals surface area contributed by atoms with Crippen LogP contribution in [-0.2, 0) is 33.3 Å². The Hall–Kier alpha value is -1.72. The quantitative estimate of drug-likeness (QED) is 0.155. The minimum Gasteiger partial charge on any atom is -0.459 e. The molecule has 2 saturated carbocycles. The number of hydrogen-bond donors (Lipinski definition) is 3. The molecule has 0 bridgehead atoms. The molecule has 13 unspecified atom stereocenters. The fourth-order valence-corrected chi connectivity index (χ4v) is 7.22. The van der Waals surface area contributed by atoms with Gasteiger partial charge in [0.1, 0.15) is 18.3 Å². The molecule has 4 aliphatic rings. The first kappa shape index (κ1) is 28.3. The van der Waals surface area contributed by atoms with Gasteiger partial charge in [-0.1, -0.05) is 27.4 Å². The molecule has 208 valence electrons. The van der Waals surface area contributed by atoms with Crippen molar-refractivity contribution >= 4 is 29.5 Å². The zero-order valence-electron chi connectivity index (χ0n) is 21.8. The number of epoxide rings is 1. The van der Waals surface area contributed by atoms with E-state index in [4.69, 9.17) is 30.5 Å². The highest BCUT2D eigenvalue weighted by Gasteiger charge is 2.75. The first-order valence-electron chi connectivity index (χ1n) is 12.8. The molecule has 0 aromatic heterocycles. The molecule has 13 atom stereocenters. The molecule has 0 amide bonds. The summed E-state index contributed by atoms with van der Waals surface area (Å²) in [6, 6.07) is 0. The Kier molecular flexibility index (Phi) is 7.48. The van der Waals surface area contributed by atoms with Crippen molar-refractivity contribution < 1.29 is 48.7 Å². The van der Waals surface area contributed by atoms with Crippen LogP contribution in [-0.4, -0.2) is 86.9 Å². The average Bonchev–Trinajstić information content (AvgIpc) is 3.59. The van der Waals surface area contributed by atoms with Gasteiger partial charge in [0.15, 0.2) is 11.7 Å². The second kappa shape index (κ2) is 9.79. The summed E-state index contributed by atoms with van der Waals surface area (Å²) in [5.41, 5.74) is -3.29. The van der Waals surface area contributed by atoms with Crippen molar-refractivity contribution in [2.75, 3.05) is 0 Å². The van der Waals surface area contributed by atoms with E-state index in [1.807, 2.05) is 6.92 Å². The van der Waals surface area contributed by atoms with E-state index in [1.165, 1.54) is 13.8 Å². The zero-order valence-corrected chi connectivity index (χ0v) is 22.5. The van der Waals surface area contributed by atoms with Crippen molar-refractivity contribution in [2.45, 2.75) is 108 Å². The molecule has 2 saturated heterocycles. The van der Waals surface area contributed by atoms with Gasteiger partial charge >= 0.3 is 17.9 Å². The van der Waals surface area contributed by atoms with Crippen LogP contribution in [0.1, 0.15) is 53.9 Å². The minimum atomic E-state index is -2.16. The van der Waals surface area contributed by atoms with Gasteiger partial charge in [-0.3, -0.25) is 14.4 Å². The van der Waals surface area contributed by atoms with Crippen LogP contribution >= 0.6 is 11.6 Å². The monoisotopic (exact) mass is 544 g/mol. The number of ether oxygens (including phenoxy) is 4. The summed E-state index contributed by atoms with van der Waals surface area (Å²) in [7, 11) is 0. The van der Waals surface area contributed by atoms with Gasteiger partial charge in [-0.25, -0.2) is 0 Å². The molecule has 10 nitrogen and oxygen atoms in total. The van der Waals surface area contributed by atoms with E-state index in [9.17, 15) is 29.7 Å². The van der Waals surface area contributed by atoms with Crippen molar-refractivity contribution in [3.63, 3.8) is 0 Å². The minimum absolute atomic E-state index is 0.0539. The van der Waals surface area contributed by atoms with Gasteiger partial charge in [0, 0.05) is 37.0 Å². The van der Waals surface area contributed by atoms with Crippen LogP contribution in [0, 0.1) is 23.2 Å². The molecule has 2 aliphatic carbocycles. The lowest BCUT2D eigenvalue weighted by Crippen LogP contribution is -2.68. The van der Waals surface area contributed by atoms with Crippen LogP contribution in [0.4, 0.5) is 0 Å². The summed E-state index contributed by atoms with van der Waals surface area (Å²) in [5.74, 6) is -4.57. The number of alkyl halides is 1. The summed E-state index contributed by atoms with van der Waals surface area (Å²) in [5, 5.41) is 33.6. The predicted molar refractivity (Wildman–Crippen MR) is 129 cm³/mol. The third-order valence-corrected chi connectivity index (χ3v) is 9.53. The highest BCUT2D eigenvalue weighted by molar-refractivity contribution is 6.23. The van der Waals surface area contributed by atoms with E-state index in [1.54, 1.807) is 13.8 Å². The smallest absolute Gasteiger partial charge is 0.312 e. The van der Waals surface area contributed by atoms with E-state index in [0.717, 1.165) is 0 Å². The Morgan fingerprint density at radius 1 is 1.22 bits per heavy atom. The number of rotatable bonds is 4. The average molecular weight is 545 g/mol.